The summed E-state index contributed by atoms with van der Waals surface area (Å²) in [5, 5.41) is 14.7. The number of carbonyl (C=O) groups excluding carboxylic acids is 1. The van der Waals surface area contributed by atoms with E-state index >= 15 is 0 Å². The number of hydrogen-bond donors (Lipinski definition) is 2. The van der Waals surface area contributed by atoms with Crippen LogP contribution in [-0.4, -0.2) is 10.9 Å². The molecule has 0 atom stereocenters. The van der Waals surface area contributed by atoms with Crippen molar-refractivity contribution in [2.45, 2.75) is 0 Å². The van der Waals surface area contributed by atoms with Crippen LogP contribution in [0.2, 0.25) is 0 Å². The van der Waals surface area contributed by atoms with Crippen molar-refractivity contribution in [3.8, 4) is 6.07 Å². The quantitative estimate of drug-likeness (QED) is 0.754. The van der Waals surface area contributed by atoms with Crippen molar-refractivity contribution < 1.29 is 9.18 Å². The lowest BCUT2D eigenvalue weighted by atomic mass is 10.2. The molecular formula is C19H13FN4O. The normalized spacial score (nSPS) is 9.92. The summed E-state index contributed by atoms with van der Waals surface area (Å²) >= 11 is 0. The predicted octanol–water partition coefficient (Wildman–Crippen LogP) is 4.09. The van der Waals surface area contributed by atoms with Crippen LogP contribution in [0, 0.1) is 17.1 Å². The third-order valence-electron chi connectivity index (χ3n) is 3.41. The third-order valence-corrected chi connectivity index (χ3v) is 3.41. The van der Waals surface area contributed by atoms with E-state index in [1.54, 1.807) is 36.4 Å². The average molecular weight is 332 g/mol. The van der Waals surface area contributed by atoms with Crippen LogP contribution in [0.15, 0.2) is 66.9 Å². The van der Waals surface area contributed by atoms with Gasteiger partial charge >= 0.3 is 0 Å². The van der Waals surface area contributed by atoms with Crippen LogP contribution in [0.25, 0.3) is 0 Å². The number of nitrogens with one attached hydrogen (secondary N) is 2. The van der Waals surface area contributed by atoms with Gasteiger partial charge in [-0.05, 0) is 42.5 Å². The van der Waals surface area contributed by atoms with Gasteiger partial charge in [0.2, 0.25) is 0 Å². The molecular weight excluding hydrogens is 319 g/mol. The number of nitrogens with zero attached hydrogens (tertiary/aromatic N) is 2. The molecule has 0 aliphatic carbocycles. The number of para-hydroxylation sites is 1. The lowest BCUT2D eigenvalue weighted by Crippen LogP contribution is -2.13. The van der Waals surface area contributed by atoms with E-state index in [-0.39, 0.29) is 5.69 Å². The van der Waals surface area contributed by atoms with Gasteiger partial charge in [0.25, 0.3) is 5.91 Å². The van der Waals surface area contributed by atoms with E-state index in [1.165, 1.54) is 24.4 Å². The second kappa shape index (κ2) is 7.23. The highest BCUT2D eigenvalue weighted by molar-refractivity contribution is 6.02. The number of rotatable bonds is 4. The van der Waals surface area contributed by atoms with Crippen molar-refractivity contribution in [3.63, 3.8) is 0 Å². The zero-order valence-electron chi connectivity index (χ0n) is 13.0. The standard InChI is InChI=1S/C19H13FN4O/c20-14-5-3-6-15(10-14)24-19(25)18-9-8-16(12-22-18)23-17-7-2-1-4-13(17)11-21/h1-10,12,23H,(H,24,25). The number of carbonyl (C=O) groups is 1. The first-order valence-electron chi connectivity index (χ1n) is 7.45. The molecule has 0 saturated carbocycles. The Morgan fingerprint density at radius 3 is 2.60 bits per heavy atom. The number of pyridine rings is 1. The number of benzene rings is 2. The van der Waals surface area contributed by atoms with E-state index in [1.807, 2.05) is 6.07 Å². The molecule has 1 aromatic heterocycles. The molecule has 25 heavy (non-hydrogen) atoms. The van der Waals surface area contributed by atoms with Crippen molar-refractivity contribution in [2.24, 2.45) is 0 Å². The lowest BCUT2D eigenvalue weighted by Gasteiger charge is -2.09. The highest BCUT2D eigenvalue weighted by Crippen LogP contribution is 2.20. The molecule has 1 heterocycles. The molecule has 5 nitrogen and oxygen atoms in total. The van der Waals surface area contributed by atoms with Gasteiger partial charge in [0, 0.05) is 5.69 Å². The highest BCUT2D eigenvalue weighted by Gasteiger charge is 2.09. The van der Waals surface area contributed by atoms with Gasteiger partial charge in [-0.3, -0.25) is 4.79 Å². The van der Waals surface area contributed by atoms with E-state index in [9.17, 15) is 9.18 Å². The first-order chi connectivity index (χ1) is 12.2. The molecule has 3 aromatic rings. The minimum atomic E-state index is -0.436. The Morgan fingerprint density at radius 1 is 1.04 bits per heavy atom. The fourth-order valence-electron chi connectivity index (χ4n) is 2.21. The van der Waals surface area contributed by atoms with Crippen LogP contribution < -0.4 is 10.6 Å². The maximum absolute atomic E-state index is 13.1. The number of anilines is 3. The summed E-state index contributed by atoms with van der Waals surface area (Å²) in [6, 6.07) is 18.0. The molecule has 0 saturated heterocycles. The minimum Gasteiger partial charge on any atom is -0.353 e. The van der Waals surface area contributed by atoms with E-state index < -0.39 is 11.7 Å². The molecule has 0 radical (unpaired) electrons. The number of aromatic nitrogens is 1. The highest BCUT2D eigenvalue weighted by atomic mass is 19.1. The van der Waals surface area contributed by atoms with Crippen molar-refractivity contribution in [1.82, 2.24) is 4.98 Å². The van der Waals surface area contributed by atoms with Gasteiger partial charge in [0.1, 0.15) is 17.6 Å². The molecule has 2 aromatic carbocycles. The number of amides is 1. The molecule has 0 aliphatic heterocycles. The Kier molecular flexibility index (Phi) is 4.67. The summed E-state index contributed by atoms with van der Waals surface area (Å²) in [5.41, 5.74) is 2.37. The van der Waals surface area contributed by atoms with Crippen LogP contribution in [0.5, 0.6) is 0 Å². The molecule has 2 N–H and O–H groups in total. The van der Waals surface area contributed by atoms with Gasteiger partial charge < -0.3 is 10.6 Å². The molecule has 3 rings (SSSR count). The molecule has 122 valence electrons. The van der Waals surface area contributed by atoms with Gasteiger partial charge in [-0.25, -0.2) is 9.37 Å². The van der Waals surface area contributed by atoms with Crippen LogP contribution in [-0.2, 0) is 0 Å². The van der Waals surface area contributed by atoms with E-state index in [4.69, 9.17) is 5.26 Å². The van der Waals surface area contributed by atoms with Crippen LogP contribution >= 0.6 is 0 Å². The third kappa shape index (κ3) is 3.98. The summed E-state index contributed by atoms with van der Waals surface area (Å²) in [7, 11) is 0. The van der Waals surface area contributed by atoms with E-state index in [0.29, 0.717) is 22.6 Å². The summed E-state index contributed by atoms with van der Waals surface area (Å²) in [6.07, 6.45) is 1.49. The smallest absolute Gasteiger partial charge is 0.274 e. The summed E-state index contributed by atoms with van der Waals surface area (Å²) in [5.74, 6) is -0.865. The van der Waals surface area contributed by atoms with Crippen LogP contribution in [0.1, 0.15) is 16.1 Å². The predicted molar refractivity (Wildman–Crippen MR) is 93.0 cm³/mol. The molecule has 0 aliphatic rings. The van der Waals surface area contributed by atoms with E-state index in [2.05, 4.69) is 21.7 Å². The zero-order chi connectivity index (χ0) is 17.6. The van der Waals surface area contributed by atoms with Crippen LogP contribution in [0.4, 0.5) is 21.5 Å². The molecule has 0 fully saturated rings. The fourth-order valence-corrected chi connectivity index (χ4v) is 2.21. The molecule has 0 bridgehead atoms. The fraction of sp³-hybridized carbons (Fsp3) is 0. The maximum atomic E-state index is 13.1. The van der Waals surface area contributed by atoms with Crippen molar-refractivity contribution in [2.75, 3.05) is 10.6 Å². The summed E-state index contributed by atoms with van der Waals surface area (Å²) in [4.78, 5) is 16.2. The van der Waals surface area contributed by atoms with Gasteiger partial charge in [0.05, 0.1) is 23.1 Å². The number of halogens is 1. The first-order valence-corrected chi connectivity index (χ1v) is 7.45. The SMILES string of the molecule is N#Cc1ccccc1Nc1ccc(C(=O)Nc2cccc(F)c2)nc1. The molecule has 0 spiro atoms. The maximum Gasteiger partial charge on any atom is 0.274 e. The summed E-state index contributed by atoms with van der Waals surface area (Å²) in [6.45, 7) is 0. The van der Waals surface area contributed by atoms with Crippen molar-refractivity contribution in [1.29, 1.82) is 5.26 Å². The lowest BCUT2D eigenvalue weighted by molar-refractivity contribution is 0.102. The minimum absolute atomic E-state index is 0.198. The first kappa shape index (κ1) is 16.1. The second-order valence-corrected chi connectivity index (χ2v) is 5.18. The Hall–Kier alpha value is -3.72. The van der Waals surface area contributed by atoms with Gasteiger partial charge in [-0.2, -0.15) is 5.26 Å². The molecule has 6 heteroatoms. The Morgan fingerprint density at radius 2 is 1.88 bits per heavy atom. The molecule has 0 unspecified atom stereocenters. The topological polar surface area (TPSA) is 77.8 Å². The van der Waals surface area contributed by atoms with Crippen molar-refractivity contribution in [3.05, 3.63) is 83.9 Å². The second-order valence-electron chi connectivity index (χ2n) is 5.18. The van der Waals surface area contributed by atoms with Crippen molar-refractivity contribution >= 4 is 23.0 Å². The van der Waals surface area contributed by atoms with Gasteiger partial charge in [-0.15, -0.1) is 0 Å². The number of hydrogen-bond acceptors (Lipinski definition) is 4. The number of nitriles is 1. The summed E-state index contributed by atoms with van der Waals surface area (Å²) < 4.78 is 13.1. The zero-order valence-corrected chi connectivity index (χ0v) is 13.0. The Bertz CT molecular complexity index is 948. The Balaban J connectivity index is 1.71. The Labute approximate surface area is 143 Å². The van der Waals surface area contributed by atoms with Gasteiger partial charge in [0.15, 0.2) is 0 Å². The monoisotopic (exact) mass is 332 g/mol. The van der Waals surface area contributed by atoms with Crippen LogP contribution in [0.3, 0.4) is 0 Å². The largest absolute Gasteiger partial charge is 0.353 e. The van der Waals surface area contributed by atoms with Gasteiger partial charge in [-0.1, -0.05) is 18.2 Å². The van der Waals surface area contributed by atoms with E-state index in [0.717, 1.165) is 0 Å². The average Bonchev–Trinajstić information content (AvgIpc) is 2.63. The molecule has 1 amide bonds.